The summed E-state index contributed by atoms with van der Waals surface area (Å²) in [5.41, 5.74) is 1.44. The molecule has 0 unspecified atom stereocenters. The number of hydrogen-bond acceptors (Lipinski definition) is 8. The number of imide groups is 2. The van der Waals surface area contributed by atoms with Crippen LogP contribution >= 0.6 is 11.3 Å². The lowest BCUT2D eigenvalue weighted by atomic mass is 10.1. The Hall–Kier alpha value is -4.25. The van der Waals surface area contributed by atoms with E-state index in [-0.39, 0.29) is 36.5 Å². The summed E-state index contributed by atoms with van der Waals surface area (Å²) in [6.07, 6.45) is 0.212. The molecule has 0 bridgehead atoms. The van der Waals surface area contributed by atoms with Crippen molar-refractivity contribution in [3.8, 4) is 0 Å². The Bertz CT molecular complexity index is 1300. The maximum atomic E-state index is 12.4. The summed E-state index contributed by atoms with van der Waals surface area (Å²) < 4.78 is 0. The molecular formula is C23H17N5O5S. The second kappa shape index (κ2) is 8.60. The minimum absolute atomic E-state index is 0.0520. The van der Waals surface area contributed by atoms with Crippen molar-refractivity contribution in [2.45, 2.75) is 12.8 Å². The van der Waals surface area contributed by atoms with Gasteiger partial charge in [0.1, 0.15) is 5.01 Å². The van der Waals surface area contributed by atoms with Crippen LogP contribution < -0.4 is 5.32 Å². The minimum Gasteiger partial charge on any atom is -0.300 e. The average Bonchev–Trinajstić information content (AvgIpc) is 3.46. The molecule has 0 spiro atoms. The van der Waals surface area contributed by atoms with E-state index in [1.165, 1.54) is 4.90 Å². The summed E-state index contributed by atoms with van der Waals surface area (Å²) in [7, 11) is 0. The normalized spacial score (nSPS) is 14.6. The van der Waals surface area contributed by atoms with E-state index in [1.54, 1.807) is 48.5 Å². The number of aromatic nitrogens is 2. The molecule has 0 atom stereocenters. The van der Waals surface area contributed by atoms with Crippen LogP contribution in [0, 0.1) is 0 Å². The number of hydrogen-bond donors (Lipinski definition) is 1. The molecule has 0 saturated heterocycles. The van der Waals surface area contributed by atoms with Crippen LogP contribution in [0.1, 0.15) is 52.9 Å². The quantitative estimate of drug-likeness (QED) is 0.517. The second-order valence-corrected chi connectivity index (χ2v) is 8.73. The van der Waals surface area contributed by atoms with E-state index in [0.717, 1.165) is 16.2 Å². The van der Waals surface area contributed by atoms with E-state index in [1.807, 2.05) is 0 Å². The monoisotopic (exact) mass is 475 g/mol. The van der Waals surface area contributed by atoms with E-state index < -0.39 is 17.7 Å². The van der Waals surface area contributed by atoms with Crippen LogP contribution in [0.2, 0.25) is 0 Å². The first-order chi connectivity index (χ1) is 16.4. The Morgan fingerprint density at radius 3 is 1.71 bits per heavy atom. The minimum atomic E-state index is -0.417. The third-order valence-electron chi connectivity index (χ3n) is 5.58. The van der Waals surface area contributed by atoms with Gasteiger partial charge in [-0.05, 0) is 24.3 Å². The molecule has 5 rings (SSSR count). The first-order valence-electron chi connectivity index (χ1n) is 10.5. The highest BCUT2D eigenvalue weighted by molar-refractivity contribution is 7.15. The average molecular weight is 475 g/mol. The van der Waals surface area contributed by atoms with Crippen molar-refractivity contribution in [1.29, 1.82) is 0 Å². The Labute approximate surface area is 197 Å². The molecule has 34 heavy (non-hydrogen) atoms. The van der Waals surface area contributed by atoms with Gasteiger partial charge in [0.05, 0.1) is 22.3 Å². The van der Waals surface area contributed by atoms with Crippen LogP contribution in [0.25, 0.3) is 0 Å². The summed E-state index contributed by atoms with van der Waals surface area (Å²) in [6, 6.07) is 13.2. The number of rotatable bonds is 7. The number of benzene rings is 2. The van der Waals surface area contributed by atoms with Crippen molar-refractivity contribution < 1.29 is 24.0 Å². The first kappa shape index (κ1) is 21.6. The van der Waals surface area contributed by atoms with E-state index in [0.29, 0.717) is 33.7 Å². The molecule has 1 aromatic heterocycles. The number of amides is 5. The van der Waals surface area contributed by atoms with Gasteiger partial charge in [0.15, 0.2) is 0 Å². The Morgan fingerprint density at radius 1 is 0.735 bits per heavy atom. The topological polar surface area (TPSA) is 130 Å². The smallest absolute Gasteiger partial charge is 0.261 e. The van der Waals surface area contributed by atoms with Gasteiger partial charge >= 0.3 is 0 Å². The molecule has 2 aliphatic rings. The molecule has 5 amide bonds. The van der Waals surface area contributed by atoms with Gasteiger partial charge in [-0.25, -0.2) is 0 Å². The van der Waals surface area contributed by atoms with Gasteiger partial charge in [0, 0.05) is 25.9 Å². The molecule has 170 valence electrons. The summed E-state index contributed by atoms with van der Waals surface area (Å²) in [4.78, 5) is 64.2. The highest BCUT2D eigenvalue weighted by Crippen LogP contribution is 2.24. The molecule has 0 aliphatic carbocycles. The van der Waals surface area contributed by atoms with Gasteiger partial charge in [-0.2, -0.15) is 0 Å². The zero-order valence-electron chi connectivity index (χ0n) is 17.7. The van der Waals surface area contributed by atoms with Crippen LogP contribution in [0.5, 0.6) is 0 Å². The molecule has 0 radical (unpaired) electrons. The molecular weight excluding hydrogens is 458 g/mol. The summed E-state index contributed by atoms with van der Waals surface area (Å²) >= 11 is 1.13. The number of fused-ring (bicyclic) bond motifs is 2. The third-order valence-corrected chi connectivity index (χ3v) is 6.48. The van der Waals surface area contributed by atoms with Crippen molar-refractivity contribution in [3.05, 3.63) is 75.8 Å². The standard InChI is InChI=1S/C23H17N5O5S/c29-17(9-11-27-19(30)13-5-1-2-6-14(13)20(27)31)24-23-26-25-18(34-23)10-12-28-21(32)15-7-3-4-8-16(15)22(28)33/h1-8H,9-12H2,(H,24,26,29). The van der Waals surface area contributed by atoms with E-state index in [9.17, 15) is 24.0 Å². The zero-order valence-corrected chi connectivity index (χ0v) is 18.5. The van der Waals surface area contributed by atoms with E-state index in [2.05, 4.69) is 15.5 Å². The lowest BCUT2D eigenvalue weighted by Gasteiger charge is -2.12. The van der Waals surface area contributed by atoms with Crippen LogP contribution in [0.15, 0.2) is 48.5 Å². The number of anilines is 1. The molecule has 2 aromatic carbocycles. The molecule has 3 aromatic rings. The fourth-order valence-electron chi connectivity index (χ4n) is 3.89. The maximum absolute atomic E-state index is 12.4. The van der Waals surface area contributed by atoms with Crippen molar-refractivity contribution >= 4 is 46.0 Å². The van der Waals surface area contributed by atoms with Crippen molar-refractivity contribution in [2.75, 3.05) is 18.4 Å². The number of nitrogens with zero attached hydrogens (tertiary/aromatic N) is 4. The molecule has 2 aliphatic heterocycles. The summed E-state index contributed by atoms with van der Waals surface area (Å²) in [5, 5.41) is 11.3. The largest absolute Gasteiger partial charge is 0.300 e. The molecule has 0 fully saturated rings. The van der Waals surface area contributed by atoms with Crippen LogP contribution in [0.3, 0.4) is 0 Å². The van der Waals surface area contributed by atoms with E-state index >= 15 is 0 Å². The molecule has 1 N–H and O–H groups in total. The van der Waals surface area contributed by atoms with Crippen molar-refractivity contribution in [3.63, 3.8) is 0 Å². The fraction of sp³-hybridized carbons (Fsp3) is 0.174. The van der Waals surface area contributed by atoms with E-state index in [4.69, 9.17) is 0 Å². The van der Waals surface area contributed by atoms with Crippen LogP contribution in [0.4, 0.5) is 5.13 Å². The van der Waals surface area contributed by atoms with Gasteiger partial charge in [-0.3, -0.25) is 33.8 Å². The van der Waals surface area contributed by atoms with Crippen molar-refractivity contribution in [1.82, 2.24) is 20.0 Å². The van der Waals surface area contributed by atoms with Gasteiger partial charge in [-0.1, -0.05) is 35.6 Å². The Balaban J connectivity index is 1.13. The molecule has 3 heterocycles. The highest BCUT2D eigenvalue weighted by Gasteiger charge is 2.36. The summed E-state index contributed by atoms with van der Waals surface area (Å²) in [6.45, 7) is 0.0955. The van der Waals surface area contributed by atoms with Gasteiger partial charge in [0.2, 0.25) is 11.0 Å². The SMILES string of the molecule is O=C(CCN1C(=O)c2ccccc2C1=O)Nc1nnc(CCN2C(=O)c3ccccc3C2=O)s1. The zero-order chi connectivity index (χ0) is 23.8. The Kier molecular flexibility index (Phi) is 5.46. The summed E-state index contributed by atoms with van der Waals surface area (Å²) in [5.74, 6) is -1.93. The Morgan fingerprint density at radius 2 is 1.21 bits per heavy atom. The van der Waals surface area contributed by atoms with Gasteiger partial charge in [0.25, 0.3) is 23.6 Å². The number of nitrogens with one attached hydrogen (secondary N) is 1. The number of carbonyl (C=O) groups is 5. The van der Waals surface area contributed by atoms with Crippen LogP contribution in [-0.4, -0.2) is 62.6 Å². The first-order valence-corrected chi connectivity index (χ1v) is 11.3. The van der Waals surface area contributed by atoms with Gasteiger partial charge < -0.3 is 5.32 Å². The fourth-order valence-corrected chi connectivity index (χ4v) is 4.64. The predicted octanol–water partition coefficient (Wildman–Crippen LogP) is 2.00. The number of carbonyl (C=O) groups excluding carboxylic acids is 5. The maximum Gasteiger partial charge on any atom is 0.261 e. The second-order valence-electron chi connectivity index (χ2n) is 7.66. The third kappa shape index (κ3) is 3.75. The van der Waals surface area contributed by atoms with Crippen LogP contribution in [-0.2, 0) is 11.2 Å². The molecule has 11 heteroatoms. The van der Waals surface area contributed by atoms with Crippen molar-refractivity contribution in [2.24, 2.45) is 0 Å². The molecule has 10 nitrogen and oxygen atoms in total. The predicted molar refractivity (Wildman–Crippen MR) is 120 cm³/mol. The lowest BCUT2D eigenvalue weighted by Crippen LogP contribution is -2.32. The highest BCUT2D eigenvalue weighted by atomic mass is 32.1. The lowest BCUT2D eigenvalue weighted by molar-refractivity contribution is -0.116. The molecule has 0 saturated carbocycles. The van der Waals surface area contributed by atoms with Gasteiger partial charge in [-0.15, -0.1) is 10.2 Å².